The van der Waals surface area contributed by atoms with Gasteiger partial charge in [0.1, 0.15) is 0 Å². The maximum absolute atomic E-state index is 3.29. The lowest BCUT2D eigenvalue weighted by Crippen LogP contribution is -1.69. The third kappa shape index (κ3) is 1.96. The second-order valence-corrected chi connectivity index (χ2v) is 1.99. The van der Waals surface area contributed by atoms with Crippen LogP contribution in [0.1, 0.15) is 32.1 Å². The first-order valence-electron chi connectivity index (χ1n) is 3.02. The van der Waals surface area contributed by atoms with Gasteiger partial charge in [0.05, 0.1) is 0 Å². The molecule has 1 rings (SSSR count). The van der Waals surface area contributed by atoms with Crippen molar-refractivity contribution in [2.45, 2.75) is 32.1 Å². The van der Waals surface area contributed by atoms with Crippen molar-refractivity contribution in [3.63, 3.8) is 0 Å². The van der Waals surface area contributed by atoms with E-state index in [-0.39, 0.29) is 0 Å². The van der Waals surface area contributed by atoms with Gasteiger partial charge < -0.3 is 0 Å². The zero-order valence-corrected chi connectivity index (χ0v) is 4.61. The molecule has 0 heterocycles. The van der Waals surface area contributed by atoms with E-state index in [1.54, 1.807) is 0 Å². The summed E-state index contributed by atoms with van der Waals surface area (Å²) in [5.74, 6) is 0. The molecule has 0 saturated heterocycles. The second-order valence-electron chi connectivity index (χ2n) is 1.99. The summed E-state index contributed by atoms with van der Waals surface area (Å²) < 4.78 is 0. The summed E-state index contributed by atoms with van der Waals surface area (Å²) in [5, 5.41) is 0. The topological polar surface area (TPSA) is 0 Å². The minimum atomic E-state index is 1.12. The van der Waals surface area contributed by atoms with Crippen LogP contribution in [0.2, 0.25) is 0 Å². The third-order valence-corrected chi connectivity index (χ3v) is 1.30. The van der Waals surface area contributed by atoms with E-state index in [4.69, 9.17) is 0 Å². The molecule has 1 aliphatic carbocycles. The summed E-state index contributed by atoms with van der Waals surface area (Å²) in [5.41, 5.74) is 0. The molecule has 0 spiro atoms. The molecule has 3 radical (unpaired) electrons. The normalized spacial score (nSPS) is 24.0. The van der Waals surface area contributed by atoms with Crippen LogP contribution in [0.5, 0.6) is 0 Å². The smallest absolute Gasteiger partial charge is 0.0170 e. The molecule has 0 bridgehead atoms. The number of hydrogen-bond donors (Lipinski definition) is 0. The molecule has 1 fully saturated rings. The van der Waals surface area contributed by atoms with Crippen molar-refractivity contribution in [1.29, 1.82) is 0 Å². The molecule has 1 aliphatic rings. The van der Waals surface area contributed by atoms with Gasteiger partial charge in [-0.25, -0.2) is 0 Å². The van der Waals surface area contributed by atoms with Crippen molar-refractivity contribution in [3.05, 3.63) is 12.8 Å². The molecule has 1 saturated carbocycles. The predicted octanol–water partition coefficient (Wildman–Crippen LogP) is 2.24. The maximum Gasteiger partial charge on any atom is -0.0170 e. The van der Waals surface area contributed by atoms with Crippen molar-refractivity contribution < 1.29 is 0 Å². The molecule has 0 aromatic heterocycles. The van der Waals surface area contributed by atoms with Gasteiger partial charge in [-0.05, 0) is 25.7 Å². The van der Waals surface area contributed by atoms with Crippen molar-refractivity contribution in [3.8, 4) is 0 Å². The highest BCUT2D eigenvalue weighted by Gasteiger charge is 1.96. The quantitative estimate of drug-likeness (QED) is 0.405. The fraction of sp³-hybridized carbons (Fsp3) is 0.714. The first-order chi connectivity index (χ1) is 3.50. The highest BCUT2D eigenvalue weighted by Crippen LogP contribution is 2.13. The fourth-order valence-corrected chi connectivity index (χ4v) is 0.845. The Balaban J connectivity index is 2.04. The molecule has 7 heavy (non-hydrogen) atoms. The lowest BCUT2D eigenvalue weighted by molar-refractivity contribution is 0.759. The summed E-state index contributed by atoms with van der Waals surface area (Å²) in [4.78, 5) is 0. The molecule has 0 heteroatoms. The molecule has 0 aromatic rings. The van der Waals surface area contributed by atoms with E-state index in [9.17, 15) is 0 Å². The number of rotatable bonds is 0. The Bertz CT molecular complexity index is 19.7. The molecular formula is C7H11. The van der Waals surface area contributed by atoms with E-state index >= 15 is 0 Å². The molecule has 0 nitrogen and oxygen atoms in total. The lowest BCUT2D eigenvalue weighted by atomic mass is 10.2. The Hall–Kier alpha value is 0. The predicted molar refractivity (Wildman–Crippen MR) is 30.6 cm³/mol. The second kappa shape index (κ2) is 3.06. The minimum Gasteiger partial charge on any atom is -0.0530 e. The number of hydrogen-bond acceptors (Lipinski definition) is 0. The van der Waals surface area contributed by atoms with Crippen molar-refractivity contribution in [1.82, 2.24) is 0 Å². The first-order valence-corrected chi connectivity index (χ1v) is 3.02. The molecule has 0 unspecified atom stereocenters. The average molecular weight is 95.2 g/mol. The monoisotopic (exact) mass is 95.1 g/mol. The van der Waals surface area contributed by atoms with Crippen LogP contribution in [0.15, 0.2) is 0 Å². The Kier molecular flexibility index (Phi) is 2.25. The van der Waals surface area contributed by atoms with E-state index in [1.165, 1.54) is 25.7 Å². The Morgan fingerprint density at radius 1 is 1.29 bits per heavy atom. The van der Waals surface area contributed by atoms with Crippen molar-refractivity contribution in [2.24, 2.45) is 0 Å². The van der Waals surface area contributed by atoms with Gasteiger partial charge >= 0.3 is 0 Å². The molecule has 39 valence electrons. The molecule has 0 aromatic carbocycles. The van der Waals surface area contributed by atoms with E-state index in [0.717, 1.165) is 6.42 Å². The van der Waals surface area contributed by atoms with Crippen LogP contribution >= 0.6 is 0 Å². The Morgan fingerprint density at radius 3 is 3.29 bits per heavy atom. The van der Waals surface area contributed by atoms with Gasteiger partial charge in [0.15, 0.2) is 0 Å². The van der Waals surface area contributed by atoms with Crippen LogP contribution in [0, 0.1) is 12.8 Å². The SMILES string of the molecule is [C]1C[CH]CCCC1. The van der Waals surface area contributed by atoms with Gasteiger partial charge in [-0.3, -0.25) is 0 Å². The summed E-state index contributed by atoms with van der Waals surface area (Å²) in [6, 6.07) is 0. The fourth-order valence-electron chi connectivity index (χ4n) is 0.845. The molecule has 0 aliphatic heterocycles. The Labute approximate surface area is 45.9 Å². The highest BCUT2D eigenvalue weighted by molar-refractivity contribution is 4.79. The van der Waals surface area contributed by atoms with Gasteiger partial charge in [-0.15, -0.1) is 0 Å². The van der Waals surface area contributed by atoms with Gasteiger partial charge in [-0.2, -0.15) is 0 Å². The van der Waals surface area contributed by atoms with Crippen LogP contribution in [0.3, 0.4) is 0 Å². The lowest BCUT2D eigenvalue weighted by Gasteiger charge is -1.85. The summed E-state index contributed by atoms with van der Waals surface area (Å²) in [7, 11) is 0. The zero-order valence-electron chi connectivity index (χ0n) is 4.61. The summed E-state index contributed by atoms with van der Waals surface area (Å²) in [6.45, 7) is 0. The molecule has 0 N–H and O–H groups in total. The highest BCUT2D eigenvalue weighted by atomic mass is 14.0. The first kappa shape index (κ1) is 5.14. The van der Waals surface area contributed by atoms with Gasteiger partial charge in [0.25, 0.3) is 0 Å². The van der Waals surface area contributed by atoms with E-state index in [0.29, 0.717) is 0 Å². The van der Waals surface area contributed by atoms with Crippen LogP contribution in [0.25, 0.3) is 0 Å². The third-order valence-electron chi connectivity index (χ3n) is 1.30. The molecular weight excluding hydrogens is 84.1 g/mol. The van der Waals surface area contributed by atoms with Crippen LogP contribution in [-0.2, 0) is 0 Å². The van der Waals surface area contributed by atoms with E-state index < -0.39 is 0 Å². The van der Waals surface area contributed by atoms with Crippen molar-refractivity contribution >= 4 is 0 Å². The minimum absolute atomic E-state index is 1.12. The average Bonchev–Trinajstić information content (AvgIpc) is 1.90. The van der Waals surface area contributed by atoms with E-state index in [2.05, 4.69) is 12.8 Å². The van der Waals surface area contributed by atoms with Gasteiger partial charge in [0, 0.05) is 0 Å². The summed E-state index contributed by atoms with van der Waals surface area (Å²) >= 11 is 0. The molecule has 0 atom stereocenters. The zero-order chi connectivity index (χ0) is 4.95. The largest absolute Gasteiger partial charge is 0.0530 e. The van der Waals surface area contributed by atoms with Crippen LogP contribution in [-0.4, -0.2) is 0 Å². The maximum atomic E-state index is 3.29. The summed E-state index contributed by atoms with van der Waals surface area (Å²) in [6.07, 6.45) is 12.0. The Morgan fingerprint density at radius 2 is 2.29 bits per heavy atom. The van der Waals surface area contributed by atoms with E-state index in [1.807, 2.05) is 0 Å². The van der Waals surface area contributed by atoms with Crippen LogP contribution < -0.4 is 0 Å². The van der Waals surface area contributed by atoms with Gasteiger partial charge in [0.2, 0.25) is 0 Å². The van der Waals surface area contributed by atoms with Crippen LogP contribution in [0.4, 0.5) is 0 Å². The van der Waals surface area contributed by atoms with Crippen molar-refractivity contribution in [2.75, 3.05) is 0 Å². The van der Waals surface area contributed by atoms with Gasteiger partial charge in [-0.1, -0.05) is 19.3 Å². The molecule has 0 amide bonds. The standard InChI is InChI=1S/C7H11/c1-2-4-6-7-5-3-1/h1H,2-4,6-7H2.